The molecule has 0 radical (unpaired) electrons. The Kier molecular flexibility index (Phi) is 8.40. The average Bonchev–Trinajstić information content (AvgIpc) is 3.08. The molecule has 4 rings (SSSR count). The third kappa shape index (κ3) is 5.70. The molecule has 9 heteroatoms. The molecule has 1 heterocycles. The Morgan fingerprint density at radius 3 is 2.65 bits per heavy atom. The van der Waals surface area contributed by atoms with Crippen LogP contribution in [0, 0.1) is 0 Å². The summed E-state index contributed by atoms with van der Waals surface area (Å²) in [6, 6.07) is 9.19. The summed E-state index contributed by atoms with van der Waals surface area (Å²) in [5.74, 6) is 1.04. The Morgan fingerprint density at radius 1 is 1.18 bits per heavy atom. The maximum Gasteiger partial charge on any atom is 0.276 e. The number of carbonyl (C=O) groups excluding carboxylic acids is 1. The molecule has 1 N–H and O–H groups in total. The van der Waals surface area contributed by atoms with Crippen molar-refractivity contribution in [1.29, 1.82) is 0 Å². The van der Waals surface area contributed by atoms with Gasteiger partial charge < -0.3 is 14.8 Å². The molecule has 2 fully saturated rings. The smallest absolute Gasteiger partial charge is 0.276 e. The zero-order chi connectivity index (χ0) is 24.2. The first kappa shape index (κ1) is 25.3. The zero-order valence-corrected chi connectivity index (χ0v) is 22.6. The lowest BCUT2D eigenvalue weighted by atomic mass is 9.94. The second kappa shape index (κ2) is 11.3. The van der Waals surface area contributed by atoms with E-state index in [9.17, 15) is 4.79 Å². The minimum absolute atomic E-state index is 0.0799. The summed E-state index contributed by atoms with van der Waals surface area (Å²) in [6.07, 6.45) is 7.25. The van der Waals surface area contributed by atoms with Gasteiger partial charge in [0, 0.05) is 21.7 Å². The molecule has 34 heavy (non-hydrogen) atoms. The van der Waals surface area contributed by atoms with Crippen molar-refractivity contribution in [3.63, 3.8) is 0 Å². The van der Waals surface area contributed by atoms with Crippen LogP contribution in [0.1, 0.15) is 50.2 Å². The normalized spacial score (nSPS) is 17.9. The fraction of sp³-hybridized carbons (Fsp3) is 0.360. The number of halogens is 3. The van der Waals surface area contributed by atoms with E-state index in [0.29, 0.717) is 43.4 Å². The molecule has 1 saturated carbocycles. The molecule has 1 saturated heterocycles. The van der Waals surface area contributed by atoms with Crippen molar-refractivity contribution in [3.05, 3.63) is 61.7 Å². The Balaban J connectivity index is 1.56. The maximum absolute atomic E-state index is 13.1. The predicted molar refractivity (Wildman–Crippen MR) is 144 cm³/mol. The number of hydrogen-bond donors (Lipinski definition) is 1. The monoisotopic (exact) mass is 582 g/mol. The largest absolute Gasteiger partial charge is 0.490 e. The molecule has 2 aromatic rings. The molecule has 0 atom stereocenters. The third-order valence-electron chi connectivity index (χ3n) is 5.88. The number of thiocarbonyl (C=S) groups is 1. The fourth-order valence-electron chi connectivity index (χ4n) is 4.25. The Bertz CT molecular complexity index is 1140. The van der Waals surface area contributed by atoms with Gasteiger partial charge in [-0.05, 0) is 83.8 Å². The number of benzene rings is 2. The van der Waals surface area contributed by atoms with Crippen LogP contribution in [-0.2, 0) is 11.4 Å². The van der Waals surface area contributed by atoms with Gasteiger partial charge in [0.1, 0.15) is 12.3 Å². The highest BCUT2D eigenvalue weighted by Gasteiger charge is 2.36. The lowest BCUT2D eigenvalue weighted by molar-refractivity contribution is -0.124. The number of rotatable bonds is 7. The Labute approximate surface area is 223 Å². The van der Waals surface area contributed by atoms with E-state index in [-0.39, 0.29) is 18.6 Å². The van der Waals surface area contributed by atoms with E-state index >= 15 is 0 Å². The summed E-state index contributed by atoms with van der Waals surface area (Å²) in [5, 5.41) is 4.68. The second-order valence-electron chi connectivity index (χ2n) is 8.24. The summed E-state index contributed by atoms with van der Waals surface area (Å²) >= 11 is 21.3. The molecular formula is C25H25BrCl2N2O3S. The lowest BCUT2D eigenvalue weighted by Crippen LogP contribution is -2.41. The summed E-state index contributed by atoms with van der Waals surface area (Å²) < 4.78 is 12.6. The Morgan fingerprint density at radius 2 is 1.94 bits per heavy atom. The maximum atomic E-state index is 13.1. The first-order valence-corrected chi connectivity index (χ1v) is 13.2. The molecule has 180 valence electrons. The second-order valence-corrected chi connectivity index (χ2v) is 10.3. The van der Waals surface area contributed by atoms with E-state index < -0.39 is 0 Å². The highest BCUT2D eigenvalue weighted by molar-refractivity contribution is 9.10. The molecule has 0 spiro atoms. The quantitative estimate of drug-likeness (QED) is 0.278. The fourth-order valence-corrected chi connectivity index (χ4v) is 5.63. The van der Waals surface area contributed by atoms with Gasteiger partial charge in [0.15, 0.2) is 16.6 Å². The summed E-state index contributed by atoms with van der Waals surface area (Å²) in [6.45, 7) is 2.61. The topological polar surface area (TPSA) is 50.8 Å². The summed E-state index contributed by atoms with van der Waals surface area (Å²) in [4.78, 5) is 14.9. The molecule has 5 nitrogen and oxygen atoms in total. The van der Waals surface area contributed by atoms with Crippen LogP contribution in [0.3, 0.4) is 0 Å². The van der Waals surface area contributed by atoms with Gasteiger partial charge in [-0.3, -0.25) is 9.69 Å². The van der Waals surface area contributed by atoms with E-state index in [4.69, 9.17) is 44.9 Å². The minimum Gasteiger partial charge on any atom is -0.490 e. The van der Waals surface area contributed by atoms with Crippen molar-refractivity contribution in [1.82, 2.24) is 10.2 Å². The third-order valence-corrected chi connectivity index (χ3v) is 7.35. The molecular weight excluding hydrogens is 559 g/mol. The highest BCUT2D eigenvalue weighted by Crippen LogP contribution is 2.39. The van der Waals surface area contributed by atoms with Crippen LogP contribution in [0.5, 0.6) is 11.5 Å². The standard InChI is InChI=1S/C25H25BrCl2N2O3S/c1-2-32-22-12-15(10-19(26)23(22)33-14-16-8-9-17(27)13-20(16)28)11-21-24(31)30(25(34)29-21)18-6-4-3-5-7-18/h8-13,18H,2-7,14H2,1H3,(H,29,34)/b21-11-. The number of nitrogens with zero attached hydrogens (tertiary/aromatic N) is 1. The molecule has 0 bridgehead atoms. The van der Waals surface area contributed by atoms with E-state index in [1.165, 1.54) is 6.42 Å². The van der Waals surface area contributed by atoms with Gasteiger partial charge >= 0.3 is 0 Å². The van der Waals surface area contributed by atoms with Crippen LogP contribution in [0.2, 0.25) is 10.0 Å². The van der Waals surface area contributed by atoms with Crippen LogP contribution in [0.4, 0.5) is 0 Å². The number of amides is 1. The molecule has 0 aromatic heterocycles. The first-order chi connectivity index (χ1) is 16.4. The van der Waals surface area contributed by atoms with Gasteiger partial charge in [-0.1, -0.05) is 48.5 Å². The van der Waals surface area contributed by atoms with E-state index in [1.54, 1.807) is 23.1 Å². The van der Waals surface area contributed by atoms with Crippen molar-refractivity contribution in [2.45, 2.75) is 51.7 Å². The van der Waals surface area contributed by atoms with Gasteiger partial charge in [-0.15, -0.1) is 0 Å². The molecule has 2 aromatic carbocycles. The van der Waals surface area contributed by atoms with Crippen LogP contribution in [0.25, 0.3) is 6.08 Å². The van der Waals surface area contributed by atoms with E-state index in [2.05, 4.69) is 21.2 Å². The summed E-state index contributed by atoms with van der Waals surface area (Å²) in [7, 11) is 0. The van der Waals surface area contributed by atoms with Crippen LogP contribution in [0.15, 0.2) is 40.5 Å². The molecule has 1 aliphatic carbocycles. The van der Waals surface area contributed by atoms with Crippen LogP contribution >= 0.6 is 51.3 Å². The van der Waals surface area contributed by atoms with Crippen molar-refractivity contribution in [3.8, 4) is 11.5 Å². The van der Waals surface area contributed by atoms with E-state index in [1.807, 2.05) is 25.1 Å². The predicted octanol–water partition coefficient (Wildman–Crippen LogP) is 7.12. The first-order valence-electron chi connectivity index (χ1n) is 11.3. The van der Waals surface area contributed by atoms with E-state index in [0.717, 1.165) is 36.8 Å². The number of hydrogen-bond acceptors (Lipinski definition) is 4. The summed E-state index contributed by atoms with van der Waals surface area (Å²) in [5.41, 5.74) is 2.06. The van der Waals surface area contributed by atoms with Crippen molar-refractivity contribution >= 4 is 68.4 Å². The lowest BCUT2D eigenvalue weighted by Gasteiger charge is -2.29. The van der Waals surface area contributed by atoms with Crippen molar-refractivity contribution in [2.24, 2.45) is 0 Å². The number of nitrogens with one attached hydrogen (secondary N) is 1. The van der Waals surface area contributed by atoms with Gasteiger partial charge in [-0.2, -0.15) is 0 Å². The van der Waals surface area contributed by atoms with Gasteiger partial charge in [0.25, 0.3) is 5.91 Å². The highest BCUT2D eigenvalue weighted by atomic mass is 79.9. The average molecular weight is 584 g/mol. The van der Waals surface area contributed by atoms with Gasteiger partial charge in [0.2, 0.25) is 0 Å². The van der Waals surface area contributed by atoms with Gasteiger partial charge in [-0.25, -0.2) is 0 Å². The Hall–Kier alpha value is -1.80. The van der Waals surface area contributed by atoms with Crippen LogP contribution in [-0.4, -0.2) is 28.6 Å². The molecule has 2 aliphatic rings. The molecule has 1 amide bonds. The molecule has 0 unspecified atom stereocenters. The minimum atomic E-state index is -0.0799. The number of ether oxygens (including phenoxy) is 2. The van der Waals surface area contributed by atoms with Gasteiger partial charge in [0.05, 0.1) is 11.1 Å². The van der Waals surface area contributed by atoms with Crippen LogP contribution < -0.4 is 14.8 Å². The zero-order valence-electron chi connectivity index (χ0n) is 18.7. The van der Waals surface area contributed by atoms with Crippen molar-refractivity contribution < 1.29 is 14.3 Å². The van der Waals surface area contributed by atoms with Crippen molar-refractivity contribution in [2.75, 3.05) is 6.61 Å². The number of carbonyl (C=O) groups is 1. The SMILES string of the molecule is CCOc1cc(/C=C2\NC(=S)N(C3CCCCC3)C2=O)cc(Br)c1OCc1ccc(Cl)cc1Cl. The molecule has 1 aliphatic heterocycles.